The van der Waals surface area contributed by atoms with Gasteiger partial charge in [-0.2, -0.15) is 0 Å². The van der Waals surface area contributed by atoms with Crippen LogP contribution in [0.2, 0.25) is 0 Å². The van der Waals surface area contributed by atoms with Gasteiger partial charge in [-0.05, 0) is 36.8 Å². The molecule has 0 aliphatic heterocycles. The van der Waals surface area contributed by atoms with Gasteiger partial charge < -0.3 is 10.5 Å². The summed E-state index contributed by atoms with van der Waals surface area (Å²) in [5.74, 6) is -0.639. The van der Waals surface area contributed by atoms with E-state index in [0.29, 0.717) is 11.3 Å². The van der Waals surface area contributed by atoms with Gasteiger partial charge in [0.1, 0.15) is 11.6 Å². The molecule has 0 unspecified atom stereocenters. The maximum absolute atomic E-state index is 13.8. The Labute approximate surface area is 119 Å². The Morgan fingerprint density at radius 3 is 2.48 bits per heavy atom. The number of hydrogen-bond donors (Lipinski definition) is 2. The van der Waals surface area contributed by atoms with Gasteiger partial charge in [0.05, 0.1) is 4.92 Å². The zero-order valence-electron chi connectivity index (χ0n) is 11.1. The number of non-ortho nitro benzene ring substituents is 1. The minimum Gasteiger partial charge on any atom is -0.454 e. The van der Waals surface area contributed by atoms with Crippen molar-refractivity contribution in [2.24, 2.45) is 5.73 Å². The molecular formula is C14H12FN3O3. The summed E-state index contributed by atoms with van der Waals surface area (Å²) < 4.78 is 19.3. The van der Waals surface area contributed by atoms with Gasteiger partial charge in [-0.1, -0.05) is 0 Å². The molecule has 0 radical (unpaired) electrons. The van der Waals surface area contributed by atoms with Gasteiger partial charge in [-0.25, -0.2) is 4.39 Å². The summed E-state index contributed by atoms with van der Waals surface area (Å²) in [5.41, 5.74) is 5.97. The smallest absolute Gasteiger partial charge is 0.269 e. The first-order valence-electron chi connectivity index (χ1n) is 5.95. The van der Waals surface area contributed by atoms with Gasteiger partial charge in [0, 0.05) is 17.7 Å². The van der Waals surface area contributed by atoms with Crippen molar-refractivity contribution in [1.82, 2.24) is 0 Å². The number of halogens is 1. The topological polar surface area (TPSA) is 102 Å². The van der Waals surface area contributed by atoms with Crippen LogP contribution in [-0.4, -0.2) is 10.8 Å². The highest BCUT2D eigenvalue weighted by Crippen LogP contribution is 2.29. The number of nitro groups is 1. The van der Waals surface area contributed by atoms with Crippen molar-refractivity contribution in [3.8, 4) is 11.5 Å². The molecule has 3 N–H and O–H groups in total. The van der Waals surface area contributed by atoms with Crippen molar-refractivity contribution in [2.45, 2.75) is 6.92 Å². The van der Waals surface area contributed by atoms with Crippen LogP contribution in [0.1, 0.15) is 11.1 Å². The zero-order chi connectivity index (χ0) is 15.6. The Morgan fingerprint density at radius 1 is 1.29 bits per heavy atom. The molecule has 0 saturated carbocycles. The molecule has 2 rings (SSSR count). The number of nitrogens with two attached hydrogens (primary N) is 1. The van der Waals surface area contributed by atoms with Crippen molar-refractivity contribution >= 4 is 11.5 Å². The van der Waals surface area contributed by atoms with E-state index in [1.54, 1.807) is 6.92 Å². The standard InChI is InChI=1S/C14H12FN3O3/c1-8-6-10(18(19)20)3-5-12(8)21-13-4-2-9(14(16)17)7-11(13)15/h2-7H,1H3,(H3,16,17). The number of nitrogens with zero attached hydrogens (tertiary/aromatic N) is 1. The predicted molar refractivity (Wildman–Crippen MR) is 75.3 cm³/mol. The highest BCUT2D eigenvalue weighted by atomic mass is 19.1. The third kappa shape index (κ3) is 3.14. The quantitative estimate of drug-likeness (QED) is 0.390. The molecule has 6 nitrogen and oxygen atoms in total. The second-order valence-corrected chi connectivity index (χ2v) is 4.37. The summed E-state index contributed by atoms with van der Waals surface area (Å²) >= 11 is 0. The van der Waals surface area contributed by atoms with Crippen molar-refractivity contribution in [2.75, 3.05) is 0 Å². The van der Waals surface area contributed by atoms with Gasteiger partial charge in [-0.3, -0.25) is 15.5 Å². The van der Waals surface area contributed by atoms with Crippen LogP contribution in [0.4, 0.5) is 10.1 Å². The summed E-state index contributed by atoms with van der Waals surface area (Å²) in [7, 11) is 0. The number of aryl methyl sites for hydroxylation is 1. The third-order valence-corrected chi connectivity index (χ3v) is 2.83. The molecule has 0 aromatic heterocycles. The number of nitrogens with one attached hydrogen (secondary N) is 1. The van der Waals surface area contributed by atoms with E-state index in [2.05, 4.69) is 0 Å². The van der Waals surface area contributed by atoms with E-state index in [1.807, 2.05) is 0 Å². The van der Waals surface area contributed by atoms with E-state index in [-0.39, 0.29) is 22.8 Å². The molecule has 0 saturated heterocycles. The molecule has 0 amide bonds. The first-order valence-corrected chi connectivity index (χ1v) is 5.95. The van der Waals surface area contributed by atoms with Crippen LogP contribution < -0.4 is 10.5 Å². The second-order valence-electron chi connectivity index (χ2n) is 4.37. The highest BCUT2D eigenvalue weighted by Gasteiger charge is 2.12. The summed E-state index contributed by atoms with van der Waals surface area (Å²) in [5, 5.41) is 17.9. The first-order chi connectivity index (χ1) is 9.88. The maximum atomic E-state index is 13.8. The van der Waals surface area contributed by atoms with Crippen molar-refractivity contribution in [3.05, 3.63) is 63.5 Å². The van der Waals surface area contributed by atoms with E-state index < -0.39 is 10.7 Å². The lowest BCUT2D eigenvalue weighted by molar-refractivity contribution is -0.384. The van der Waals surface area contributed by atoms with Crippen molar-refractivity contribution < 1.29 is 14.1 Å². The molecule has 0 bridgehead atoms. The predicted octanol–water partition coefficient (Wildman–Crippen LogP) is 3.12. The van der Waals surface area contributed by atoms with Gasteiger partial charge >= 0.3 is 0 Å². The molecular weight excluding hydrogens is 277 g/mol. The number of rotatable bonds is 4. The Morgan fingerprint density at radius 2 is 1.95 bits per heavy atom. The monoisotopic (exact) mass is 289 g/mol. The molecule has 0 heterocycles. The van der Waals surface area contributed by atoms with E-state index in [9.17, 15) is 14.5 Å². The summed E-state index contributed by atoms with van der Waals surface area (Å²) in [4.78, 5) is 10.1. The Bertz CT molecular complexity index is 670. The summed E-state index contributed by atoms with van der Waals surface area (Å²) in [6.07, 6.45) is 0. The average molecular weight is 289 g/mol. The van der Waals surface area contributed by atoms with Crippen molar-refractivity contribution in [3.63, 3.8) is 0 Å². The maximum Gasteiger partial charge on any atom is 0.269 e. The number of ether oxygens (including phenoxy) is 1. The number of nitrogen functional groups attached to an aromatic ring is 1. The van der Waals surface area contributed by atoms with Crippen LogP contribution >= 0.6 is 0 Å². The minimum atomic E-state index is -0.666. The van der Waals surface area contributed by atoms with Crippen LogP contribution in [0.25, 0.3) is 0 Å². The summed E-state index contributed by atoms with van der Waals surface area (Å²) in [6.45, 7) is 1.63. The fourth-order valence-corrected chi connectivity index (χ4v) is 1.73. The molecule has 0 fully saturated rings. The number of benzene rings is 2. The SMILES string of the molecule is Cc1cc([N+](=O)[O-])ccc1Oc1ccc(C(=N)N)cc1F. The van der Waals surface area contributed by atoms with Crippen LogP contribution in [0.3, 0.4) is 0 Å². The van der Waals surface area contributed by atoms with E-state index in [4.69, 9.17) is 15.9 Å². The Balaban J connectivity index is 2.30. The number of amidine groups is 1. The molecule has 2 aromatic carbocycles. The van der Waals surface area contributed by atoms with Crippen LogP contribution in [0.15, 0.2) is 36.4 Å². The molecule has 2 aromatic rings. The van der Waals surface area contributed by atoms with Gasteiger partial charge in [-0.15, -0.1) is 0 Å². The van der Waals surface area contributed by atoms with Gasteiger partial charge in [0.25, 0.3) is 5.69 Å². The molecule has 21 heavy (non-hydrogen) atoms. The fourth-order valence-electron chi connectivity index (χ4n) is 1.73. The van der Waals surface area contributed by atoms with Crippen LogP contribution in [0, 0.1) is 28.3 Å². The zero-order valence-corrected chi connectivity index (χ0v) is 11.1. The molecule has 0 aliphatic rings. The number of nitro benzene ring substituents is 1. The normalized spacial score (nSPS) is 10.2. The highest BCUT2D eigenvalue weighted by molar-refractivity contribution is 5.95. The largest absolute Gasteiger partial charge is 0.454 e. The molecule has 0 aliphatic carbocycles. The molecule has 0 atom stereocenters. The van der Waals surface area contributed by atoms with E-state index in [1.165, 1.54) is 30.3 Å². The molecule has 108 valence electrons. The molecule has 0 spiro atoms. The Hall–Kier alpha value is -2.96. The Kier molecular flexibility index (Phi) is 3.84. The minimum absolute atomic E-state index is 0.0445. The lowest BCUT2D eigenvalue weighted by Crippen LogP contribution is -2.11. The van der Waals surface area contributed by atoms with E-state index >= 15 is 0 Å². The van der Waals surface area contributed by atoms with Gasteiger partial charge in [0.2, 0.25) is 0 Å². The third-order valence-electron chi connectivity index (χ3n) is 2.83. The van der Waals surface area contributed by atoms with Crippen LogP contribution in [0.5, 0.6) is 11.5 Å². The van der Waals surface area contributed by atoms with Gasteiger partial charge in [0.15, 0.2) is 11.6 Å². The number of hydrogen-bond acceptors (Lipinski definition) is 4. The average Bonchev–Trinajstić information content (AvgIpc) is 2.42. The van der Waals surface area contributed by atoms with Crippen LogP contribution in [-0.2, 0) is 0 Å². The fraction of sp³-hybridized carbons (Fsp3) is 0.0714. The molecule has 7 heteroatoms. The lowest BCUT2D eigenvalue weighted by atomic mass is 10.2. The second kappa shape index (κ2) is 5.58. The van der Waals surface area contributed by atoms with E-state index in [0.717, 1.165) is 6.07 Å². The van der Waals surface area contributed by atoms with Crippen molar-refractivity contribution in [1.29, 1.82) is 5.41 Å². The lowest BCUT2D eigenvalue weighted by Gasteiger charge is -2.10. The first kappa shape index (κ1) is 14.4. The summed E-state index contributed by atoms with van der Waals surface area (Å²) in [6, 6.07) is 7.94.